The summed E-state index contributed by atoms with van der Waals surface area (Å²) in [5.41, 5.74) is 3.60. The maximum atomic E-state index is 13.4. The van der Waals surface area contributed by atoms with Crippen LogP contribution in [0.15, 0.2) is 72.8 Å². The van der Waals surface area contributed by atoms with Gasteiger partial charge in [0, 0.05) is 25.7 Å². The van der Waals surface area contributed by atoms with E-state index in [0.29, 0.717) is 17.0 Å². The summed E-state index contributed by atoms with van der Waals surface area (Å²) in [4.78, 5) is 35.0. The lowest BCUT2D eigenvalue weighted by Crippen LogP contribution is -2.54. The number of imidazole rings is 1. The van der Waals surface area contributed by atoms with E-state index in [1.807, 2.05) is 42.0 Å². The zero-order valence-electron chi connectivity index (χ0n) is 21.8. The summed E-state index contributed by atoms with van der Waals surface area (Å²) in [6, 6.07) is 19.2. The van der Waals surface area contributed by atoms with Crippen molar-refractivity contribution in [1.29, 1.82) is 0 Å². The number of benzene rings is 3. The van der Waals surface area contributed by atoms with Gasteiger partial charge in [-0.15, -0.1) is 0 Å². The Morgan fingerprint density at radius 3 is 2.44 bits per heavy atom. The van der Waals surface area contributed by atoms with Gasteiger partial charge in [0.25, 0.3) is 0 Å². The van der Waals surface area contributed by atoms with Crippen LogP contribution in [-0.2, 0) is 28.0 Å². The number of amides is 3. The molecule has 1 atom stereocenters. The first-order chi connectivity index (χ1) is 18.6. The van der Waals surface area contributed by atoms with Crippen LogP contribution in [0.4, 0.5) is 10.5 Å². The summed E-state index contributed by atoms with van der Waals surface area (Å²) < 4.78 is 34.6. The number of methoxy groups -OCH3 is 1. The molecule has 0 aliphatic carbocycles. The minimum absolute atomic E-state index is 0.0524. The third kappa shape index (κ3) is 7.33. The van der Waals surface area contributed by atoms with Crippen molar-refractivity contribution in [3.63, 3.8) is 0 Å². The number of aryl methyl sites for hydroxylation is 1. The minimum atomic E-state index is -4.23. The minimum Gasteiger partial charge on any atom is -0.497 e. The molecule has 0 fully saturated rings. The second-order valence-corrected chi connectivity index (χ2v) is 10.4. The van der Waals surface area contributed by atoms with Crippen LogP contribution in [0.2, 0.25) is 0 Å². The summed E-state index contributed by atoms with van der Waals surface area (Å²) >= 11 is 0. The largest absolute Gasteiger partial charge is 0.497 e. The van der Waals surface area contributed by atoms with E-state index in [-0.39, 0.29) is 13.0 Å². The van der Waals surface area contributed by atoms with Gasteiger partial charge in [-0.2, -0.15) is 13.1 Å². The number of hydrogen-bond acceptors (Lipinski definition) is 6. The average Bonchev–Trinajstić information content (AvgIpc) is 3.30. The maximum absolute atomic E-state index is 13.4. The molecule has 1 aromatic heterocycles. The van der Waals surface area contributed by atoms with Gasteiger partial charge in [-0.1, -0.05) is 36.4 Å². The molecule has 0 aliphatic rings. The SMILES string of the molecule is COc1ccc(N(C)C(=O)C(Cc2ccccc2)NC(=O)NS(=O)(=O)NCc2ccc3nc(C)[nH]c3c2)cc1. The van der Waals surface area contributed by atoms with Crippen molar-refractivity contribution in [2.24, 2.45) is 0 Å². The lowest BCUT2D eigenvalue weighted by Gasteiger charge is -2.25. The molecule has 4 N–H and O–H groups in total. The van der Waals surface area contributed by atoms with Crippen LogP contribution in [0, 0.1) is 6.92 Å². The van der Waals surface area contributed by atoms with Gasteiger partial charge in [-0.25, -0.2) is 14.5 Å². The summed E-state index contributed by atoms with van der Waals surface area (Å²) in [5.74, 6) is 0.959. The number of hydrogen-bond donors (Lipinski definition) is 4. The highest BCUT2D eigenvalue weighted by Gasteiger charge is 2.27. The number of nitrogens with one attached hydrogen (secondary N) is 4. The maximum Gasteiger partial charge on any atom is 0.330 e. The van der Waals surface area contributed by atoms with Gasteiger partial charge in [0.05, 0.1) is 18.1 Å². The summed E-state index contributed by atoms with van der Waals surface area (Å²) in [7, 11) is -1.10. The highest BCUT2D eigenvalue weighted by molar-refractivity contribution is 7.88. The first-order valence-electron chi connectivity index (χ1n) is 12.1. The van der Waals surface area contributed by atoms with E-state index in [2.05, 4.69) is 20.0 Å². The van der Waals surface area contributed by atoms with Crippen LogP contribution in [0.5, 0.6) is 5.75 Å². The number of likely N-dealkylation sites (N-methyl/N-ethyl adjacent to an activating group) is 1. The van der Waals surface area contributed by atoms with Crippen molar-refractivity contribution in [1.82, 2.24) is 24.7 Å². The summed E-state index contributed by atoms with van der Waals surface area (Å²) in [5, 5.41) is 2.52. The molecule has 3 amide bonds. The zero-order valence-corrected chi connectivity index (χ0v) is 22.6. The molecule has 1 unspecified atom stereocenters. The zero-order chi connectivity index (χ0) is 28.0. The normalized spacial score (nSPS) is 12.1. The fraction of sp³-hybridized carbons (Fsp3) is 0.222. The third-order valence-electron chi connectivity index (χ3n) is 6.03. The van der Waals surface area contributed by atoms with E-state index in [9.17, 15) is 18.0 Å². The Labute approximate surface area is 226 Å². The van der Waals surface area contributed by atoms with E-state index in [1.54, 1.807) is 56.6 Å². The smallest absolute Gasteiger partial charge is 0.330 e. The number of aromatic nitrogens is 2. The first-order valence-corrected chi connectivity index (χ1v) is 13.6. The number of nitrogens with zero attached hydrogens (tertiary/aromatic N) is 2. The van der Waals surface area contributed by atoms with Crippen LogP contribution in [0.3, 0.4) is 0 Å². The molecular formula is C27H30N6O5S. The number of H-pyrrole nitrogens is 1. The lowest BCUT2D eigenvalue weighted by atomic mass is 10.0. The van der Waals surface area contributed by atoms with Gasteiger partial charge >= 0.3 is 16.2 Å². The van der Waals surface area contributed by atoms with Crippen molar-refractivity contribution in [3.8, 4) is 5.75 Å². The number of ether oxygens (including phenoxy) is 1. The van der Waals surface area contributed by atoms with Gasteiger partial charge in [-0.3, -0.25) is 4.79 Å². The van der Waals surface area contributed by atoms with Gasteiger partial charge in [0.15, 0.2) is 0 Å². The van der Waals surface area contributed by atoms with Crippen molar-refractivity contribution >= 4 is 38.9 Å². The van der Waals surface area contributed by atoms with Crippen LogP contribution >= 0.6 is 0 Å². The molecule has 4 rings (SSSR count). The van der Waals surface area contributed by atoms with E-state index in [0.717, 1.165) is 22.4 Å². The Hall–Kier alpha value is -4.42. The van der Waals surface area contributed by atoms with E-state index in [4.69, 9.17) is 4.74 Å². The van der Waals surface area contributed by atoms with Crippen LogP contribution in [0.25, 0.3) is 11.0 Å². The monoisotopic (exact) mass is 550 g/mol. The van der Waals surface area contributed by atoms with Crippen LogP contribution < -0.4 is 24.4 Å². The molecule has 3 aromatic carbocycles. The number of carbonyl (C=O) groups excluding carboxylic acids is 2. The standard InChI is InChI=1S/C27H30N6O5S/c1-18-29-23-14-9-20(16-24(23)30-18)17-28-39(36,37)32-27(35)31-25(15-19-7-5-4-6-8-19)26(34)33(2)21-10-12-22(38-3)13-11-21/h4-14,16,25,28H,15,17H2,1-3H3,(H,29,30)(H2,31,32,35). The molecule has 0 aliphatic heterocycles. The average molecular weight is 551 g/mol. The van der Waals surface area contributed by atoms with Crippen molar-refractivity contribution in [3.05, 3.63) is 89.7 Å². The van der Waals surface area contributed by atoms with E-state index in [1.165, 1.54) is 4.90 Å². The van der Waals surface area contributed by atoms with Gasteiger partial charge in [-0.05, 0) is 54.4 Å². The Bertz CT molecular complexity index is 1550. The molecule has 0 saturated heterocycles. The number of aromatic amines is 1. The number of rotatable bonds is 10. The Morgan fingerprint density at radius 1 is 1.03 bits per heavy atom. The highest BCUT2D eigenvalue weighted by Crippen LogP contribution is 2.19. The highest BCUT2D eigenvalue weighted by atomic mass is 32.2. The fourth-order valence-corrected chi connectivity index (χ4v) is 4.77. The predicted molar refractivity (Wildman–Crippen MR) is 149 cm³/mol. The first kappa shape index (κ1) is 27.6. The second-order valence-electron chi connectivity index (χ2n) is 8.91. The Morgan fingerprint density at radius 2 is 1.74 bits per heavy atom. The molecular weight excluding hydrogens is 520 g/mol. The number of fused-ring (bicyclic) bond motifs is 1. The summed E-state index contributed by atoms with van der Waals surface area (Å²) in [6.45, 7) is 1.78. The van der Waals surface area contributed by atoms with E-state index >= 15 is 0 Å². The molecule has 12 heteroatoms. The van der Waals surface area contributed by atoms with Gasteiger partial charge in [0.2, 0.25) is 5.91 Å². The molecule has 39 heavy (non-hydrogen) atoms. The molecule has 4 aromatic rings. The van der Waals surface area contributed by atoms with Crippen LogP contribution in [-0.4, -0.2) is 50.5 Å². The van der Waals surface area contributed by atoms with Gasteiger partial charge in [0.1, 0.15) is 17.6 Å². The molecule has 0 spiro atoms. The van der Waals surface area contributed by atoms with Crippen molar-refractivity contribution < 1.29 is 22.7 Å². The fourth-order valence-electron chi connectivity index (χ4n) is 4.04. The lowest BCUT2D eigenvalue weighted by molar-refractivity contribution is -0.120. The molecule has 0 saturated carbocycles. The summed E-state index contributed by atoms with van der Waals surface area (Å²) in [6.07, 6.45) is 0.157. The molecule has 11 nitrogen and oxygen atoms in total. The third-order valence-corrected chi connectivity index (χ3v) is 7.01. The number of urea groups is 1. The van der Waals surface area contributed by atoms with E-state index < -0.39 is 28.2 Å². The second kappa shape index (κ2) is 12.0. The van der Waals surface area contributed by atoms with Crippen molar-refractivity contribution in [2.75, 3.05) is 19.1 Å². The Kier molecular flexibility index (Phi) is 8.47. The van der Waals surface area contributed by atoms with Crippen molar-refractivity contribution in [2.45, 2.75) is 25.9 Å². The predicted octanol–water partition coefficient (Wildman–Crippen LogP) is 2.79. The molecule has 0 bridgehead atoms. The van der Waals surface area contributed by atoms with Gasteiger partial charge < -0.3 is 19.9 Å². The van der Waals surface area contributed by atoms with Crippen LogP contribution in [0.1, 0.15) is 17.0 Å². The quantitative estimate of drug-likeness (QED) is 0.239. The Balaban J connectivity index is 1.43. The topological polar surface area (TPSA) is 146 Å². The number of carbonyl (C=O) groups is 2. The molecule has 1 heterocycles. The molecule has 204 valence electrons. The number of anilines is 1. The molecule has 0 radical (unpaired) electrons.